The lowest BCUT2D eigenvalue weighted by Gasteiger charge is -2.21. The number of aromatic nitrogens is 1. The van der Waals surface area contributed by atoms with E-state index in [-0.39, 0.29) is 18.2 Å². The maximum atomic E-state index is 13.0. The van der Waals surface area contributed by atoms with E-state index in [4.69, 9.17) is 0 Å². The first-order valence-electron chi connectivity index (χ1n) is 10.2. The Labute approximate surface area is 175 Å². The highest BCUT2D eigenvalue weighted by Gasteiger charge is 2.47. The van der Waals surface area contributed by atoms with E-state index >= 15 is 0 Å². The van der Waals surface area contributed by atoms with Crippen molar-refractivity contribution in [1.82, 2.24) is 15.2 Å². The number of carbonyl (C=O) groups is 3. The largest absolute Gasteiger partial charge is 0.360 e. The fraction of sp³-hybridized carbons (Fsp3) is 0.292. The summed E-state index contributed by atoms with van der Waals surface area (Å²) in [6.45, 7) is 3.51. The third kappa shape index (κ3) is 3.49. The number of nitrogens with zero attached hydrogens (tertiary/aromatic N) is 1. The Bertz CT molecular complexity index is 1120. The van der Waals surface area contributed by atoms with Crippen molar-refractivity contribution in [1.29, 1.82) is 0 Å². The van der Waals surface area contributed by atoms with Crippen molar-refractivity contribution in [2.45, 2.75) is 38.6 Å². The standard InChI is InChI=1S/C24H25N3O3/c1-3-17-10-7-11-18-19(14-25-21(17)18)20(28)15-27-22(29)24(2,26-23(27)30)13-12-16-8-5-4-6-9-16/h4-11,14,25H,3,12-13,15H2,1-2H3,(H,26,30)/t24-/m0/s1. The third-order valence-corrected chi connectivity index (χ3v) is 5.89. The molecule has 6 heteroatoms. The number of imide groups is 1. The molecule has 0 saturated carbocycles. The zero-order chi connectivity index (χ0) is 21.3. The predicted molar refractivity (Wildman–Crippen MR) is 115 cm³/mol. The van der Waals surface area contributed by atoms with Gasteiger partial charge in [-0.25, -0.2) is 4.79 Å². The number of benzene rings is 2. The van der Waals surface area contributed by atoms with Gasteiger partial charge in [-0.15, -0.1) is 0 Å². The Morgan fingerprint density at radius 3 is 2.57 bits per heavy atom. The van der Waals surface area contributed by atoms with E-state index in [0.29, 0.717) is 18.4 Å². The van der Waals surface area contributed by atoms with E-state index < -0.39 is 11.6 Å². The van der Waals surface area contributed by atoms with Gasteiger partial charge < -0.3 is 10.3 Å². The van der Waals surface area contributed by atoms with Gasteiger partial charge in [0, 0.05) is 22.7 Å². The number of aromatic amines is 1. The second-order valence-corrected chi connectivity index (χ2v) is 7.96. The number of ketones is 1. The van der Waals surface area contributed by atoms with E-state index in [1.807, 2.05) is 48.5 Å². The number of amides is 3. The number of hydrogen-bond acceptors (Lipinski definition) is 3. The van der Waals surface area contributed by atoms with Gasteiger partial charge in [0.05, 0.1) is 6.54 Å². The molecule has 1 atom stereocenters. The van der Waals surface area contributed by atoms with Crippen LogP contribution in [0, 0.1) is 0 Å². The molecule has 2 N–H and O–H groups in total. The van der Waals surface area contributed by atoms with Crippen molar-refractivity contribution < 1.29 is 14.4 Å². The van der Waals surface area contributed by atoms with Crippen LogP contribution in [0.25, 0.3) is 10.9 Å². The second kappa shape index (κ2) is 7.78. The lowest BCUT2D eigenvalue weighted by molar-refractivity contribution is -0.130. The quantitative estimate of drug-likeness (QED) is 0.464. The van der Waals surface area contributed by atoms with E-state index in [9.17, 15) is 14.4 Å². The lowest BCUT2D eigenvalue weighted by Crippen LogP contribution is -2.44. The van der Waals surface area contributed by atoms with Gasteiger partial charge >= 0.3 is 6.03 Å². The monoisotopic (exact) mass is 403 g/mol. The van der Waals surface area contributed by atoms with E-state index in [1.165, 1.54) is 0 Å². The molecule has 30 heavy (non-hydrogen) atoms. The number of hydrogen-bond donors (Lipinski definition) is 2. The number of Topliss-reactive ketones (excluding diaryl/α,β-unsaturated/α-hetero) is 1. The zero-order valence-electron chi connectivity index (χ0n) is 17.2. The molecular formula is C24H25N3O3. The number of fused-ring (bicyclic) bond motifs is 1. The van der Waals surface area contributed by atoms with Crippen molar-refractivity contribution in [2.75, 3.05) is 6.54 Å². The molecule has 154 valence electrons. The van der Waals surface area contributed by atoms with Crippen LogP contribution in [0.2, 0.25) is 0 Å². The van der Waals surface area contributed by atoms with Crippen molar-refractivity contribution in [3.63, 3.8) is 0 Å². The number of carbonyl (C=O) groups excluding carboxylic acids is 3. The topological polar surface area (TPSA) is 82.3 Å². The molecular weight excluding hydrogens is 378 g/mol. The summed E-state index contributed by atoms with van der Waals surface area (Å²) in [7, 11) is 0. The van der Waals surface area contributed by atoms with E-state index in [0.717, 1.165) is 33.4 Å². The van der Waals surface area contributed by atoms with E-state index in [1.54, 1.807) is 13.1 Å². The van der Waals surface area contributed by atoms with Crippen molar-refractivity contribution in [3.8, 4) is 0 Å². The fourth-order valence-electron chi connectivity index (χ4n) is 4.07. The fourth-order valence-corrected chi connectivity index (χ4v) is 4.07. The molecule has 0 spiro atoms. The van der Waals surface area contributed by atoms with Gasteiger partial charge in [-0.2, -0.15) is 0 Å². The summed E-state index contributed by atoms with van der Waals surface area (Å²) in [6.07, 6.45) is 3.64. The molecule has 0 unspecified atom stereocenters. The average molecular weight is 403 g/mol. The number of H-pyrrole nitrogens is 1. The van der Waals surface area contributed by atoms with Gasteiger partial charge in [-0.05, 0) is 37.3 Å². The maximum Gasteiger partial charge on any atom is 0.325 e. The SMILES string of the molecule is CCc1cccc2c(C(=O)CN3C(=O)N[C@@](C)(CCc4ccccc4)C3=O)c[nH]c12. The van der Waals surface area contributed by atoms with Crippen LogP contribution in [0.5, 0.6) is 0 Å². The van der Waals surface area contributed by atoms with Crippen molar-refractivity contribution >= 4 is 28.6 Å². The first-order chi connectivity index (χ1) is 14.4. The molecule has 4 rings (SSSR count). The first-order valence-corrected chi connectivity index (χ1v) is 10.2. The summed E-state index contributed by atoms with van der Waals surface area (Å²) in [5, 5.41) is 3.60. The zero-order valence-corrected chi connectivity index (χ0v) is 17.2. The minimum absolute atomic E-state index is 0.259. The molecule has 6 nitrogen and oxygen atoms in total. The number of rotatable bonds is 7. The molecule has 3 amide bonds. The second-order valence-electron chi connectivity index (χ2n) is 7.96. The summed E-state index contributed by atoms with van der Waals surface area (Å²) < 4.78 is 0. The average Bonchev–Trinajstić information content (AvgIpc) is 3.28. The molecule has 1 fully saturated rings. The van der Waals surface area contributed by atoms with Crippen LogP contribution in [0.15, 0.2) is 54.7 Å². The Morgan fingerprint density at radius 2 is 1.83 bits per heavy atom. The van der Waals surface area contributed by atoms with Crippen LogP contribution in [0.3, 0.4) is 0 Å². The van der Waals surface area contributed by atoms with Gasteiger partial charge in [0.2, 0.25) is 0 Å². The molecule has 3 aromatic rings. The van der Waals surface area contributed by atoms with Crippen LogP contribution < -0.4 is 5.32 Å². The van der Waals surface area contributed by atoms with E-state index in [2.05, 4.69) is 17.2 Å². The van der Waals surface area contributed by atoms with Gasteiger partial charge in [0.25, 0.3) is 5.91 Å². The number of urea groups is 1. The Kier molecular flexibility index (Phi) is 5.16. The molecule has 2 heterocycles. The number of para-hydroxylation sites is 1. The van der Waals surface area contributed by atoms with Crippen LogP contribution in [0.4, 0.5) is 4.79 Å². The lowest BCUT2D eigenvalue weighted by atomic mass is 9.93. The normalized spacial score (nSPS) is 18.8. The smallest absolute Gasteiger partial charge is 0.325 e. The molecule has 2 aromatic carbocycles. The summed E-state index contributed by atoms with van der Waals surface area (Å²) in [5.74, 6) is -0.615. The van der Waals surface area contributed by atoms with Crippen LogP contribution in [0.1, 0.15) is 41.8 Å². The highest BCUT2D eigenvalue weighted by molar-refractivity contribution is 6.14. The maximum absolute atomic E-state index is 13.0. The minimum Gasteiger partial charge on any atom is -0.360 e. The third-order valence-electron chi connectivity index (χ3n) is 5.89. The van der Waals surface area contributed by atoms with Crippen LogP contribution >= 0.6 is 0 Å². The summed E-state index contributed by atoms with van der Waals surface area (Å²) in [6, 6.07) is 15.1. The van der Waals surface area contributed by atoms with Crippen LogP contribution in [-0.2, 0) is 17.6 Å². The molecule has 1 aliphatic heterocycles. The van der Waals surface area contributed by atoms with Crippen molar-refractivity contribution in [2.24, 2.45) is 0 Å². The predicted octanol–water partition coefficient (Wildman–Crippen LogP) is 3.86. The summed E-state index contributed by atoms with van der Waals surface area (Å²) >= 11 is 0. The summed E-state index contributed by atoms with van der Waals surface area (Å²) in [4.78, 5) is 42.7. The summed E-state index contributed by atoms with van der Waals surface area (Å²) in [5.41, 5.74) is 2.63. The minimum atomic E-state index is -1.01. The van der Waals surface area contributed by atoms with Gasteiger partial charge in [0.15, 0.2) is 5.78 Å². The molecule has 1 aliphatic rings. The molecule has 1 saturated heterocycles. The van der Waals surface area contributed by atoms with Crippen molar-refractivity contribution in [3.05, 3.63) is 71.4 Å². The van der Waals surface area contributed by atoms with Crippen LogP contribution in [-0.4, -0.2) is 39.7 Å². The molecule has 0 radical (unpaired) electrons. The van der Waals surface area contributed by atoms with Gasteiger partial charge in [-0.1, -0.05) is 55.5 Å². The Balaban J connectivity index is 1.50. The molecule has 0 aliphatic carbocycles. The highest BCUT2D eigenvalue weighted by Crippen LogP contribution is 2.26. The Hall–Kier alpha value is -3.41. The molecule has 1 aromatic heterocycles. The van der Waals surface area contributed by atoms with Gasteiger partial charge in [0.1, 0.15) is 5.54 Å². The highest BCUT2D eigenvalue weighted by atomic mass is 16.2. The first kappa shape index (κ1) is 19.9. The number of nitrogens with one attached hydrogen (secondary N) is 2. The number of aryl methyl sites for hydroxylation is 2. The Morgan fingerprint density at radius 1 is 1.07 bits per heavy atom. The molecule has 0 bridgehead atoms. The van der Waals surface area contributed by atoms with Gasteiger partial charge in [-0.3, -0.25) is 14.5 Å².